The monoisotopic (exact) mass is 453 g/mol. The normalized spacial score (nSPS) is 14.0. The van der Waals surface area contributed by atoms with Gasteiger partial charge in [-0.3, -0.25) is 9.59 Å². The average Bonchev–Trinajstić information content (AvgIpc) is 3.29. The van der Waals surface area contributed by atoms with Crippen molar-refractivity contribution in [2.24, 2.45) is 0 Å². The van der Waals surface area contributed by atoms with E-state index in [1.807, 2.05) is 41.3 Å². The van der Waals surface area contributed by atoms with E-state index in [0.29, 0.717) is 24.4 Å². The molecular weight excluding hydrogens is 434 g/mol. The lowest BCUT2D eigenvalue weighted by molar-refractivity contribution is 0.0714. The lowest BCUT2D eigenvalue weighted by Crippen LogP contribution is -2.48. The van der Waals surface area contributed by atoms with E-state index >= 15 is 0 Å². The first-order chi connectivity index (χ1) is 14.1. The summed E-state index contributed by atoms with van der Waals surface area (Å²) >= 11 is 3.38. The average molecular weight is 454 g/mol. The number of halogens is 1. The first-order valence-corrected chi connectivity index (χ1v) is 10.1. The molecule has 1 aromatic heterocycles. The first-order valence-electron chi connectivity index (χ1n) is 9.35. The summed E-state index contributed by atoms with van der Waals surface area (Å²) in [6, 6.07) is 18.5. The van der Waals surface area contributed by atoms with E-state index < -0.39 is 0 Å². The molecule has 148 valence electrons. The minimum absolute atomic E-state index is 0.0692. The molecule has 7 heteroatoms. The third-order valence-corrected chi connectivity index (χ3v) is 5.37. The van der Waals surface area contributed by atoms with Gasteiger partial charge in [-0.05, 0) is 54.6 Å². The van der Waals surface area contributed by atoms with Crippen LogP contribution in [-0.4, -0.2) is 42.9 Å². The number of anilines is 2. The quantitative estimate of drug-likeness (QED) is 0.640. The van der Waals surface area contributed by atoms with Crippen molar-refractivity contribution in [2.75, 3.05) is 36.4 Å². The molecule has 1 fully saturated rings. The summed E-state index contributed by atoms with van der Waals surface area (Å²) in [4.78, 5) is 28.8. The molecular formula is C22H20BrN3O3. The topological polar surface area (TPSA) is 65.8 Å². The van der Waals surface area contributed by atoms with Crippen LogP contribution in [0.4, 0.5) is 11.4 Å². The smallest absolute Gasteiger partial charge is 0.289 e. The van der Waals surface area contributed by atoms with Crippen LogP contribution >= 0.6 is 15.9 Å². The van der Waals surface area contributed by atoms with E-state index in [-0.39, 0.29) is 11.8 Å². The van der Waals surface area contributed by atoms with Crippen LogP contribution in [0.1, 0.15) is 20.9 Å². The Morgan fingerprint density at radius 2 is 1.69 bits per heavy atom. The predicted octanol–water partition coefficient (Wildman–Crippen LogP) is 4.26. The minimum atomic E-state index is -0.149. The molecule has 0 spiro atoms. The molecule has 0 atom stereocenters. The molecule has 1 aliphatic rings. The van der Waals surface area contributed by atoms with Crippen molar-refractivity contribution in [1.82, 2.24) is 4.90 Å². The molecule has 29 heavy (non-hydrogen) atoms. The van der Waals surface area contributed by atoms with Crippen LogP contribution in [0.5, 0.6) is 0 Å². The standard InChI is InChI=1S/C22H20BrN3O3/c23-17-4-1-3-16(15-17)21(27)24-18-6-8-19(9-7-18)25-10-12-26(13-11-25)22(28)20-5-2-14-29-20/h1-9,14-15H,10-13H2,(H,24,27). The Balaban J connectivity index is 1.34. The molecule has 2 heterocycles. The molecule has 0 unspecified atom stereocenters. The fraction of sp³-hybridized carbons (Fsp3) is 0.182. The molecule has 0 aliphatic carbocycles. The molecule has 0 bridgehead atoms. The minimum Gasteiger partial charge on any atom is -0.459 e. The summed E-state index contributed by atoms with van der Waals surface area (Å²) in [6.45, 7) is 2.77. The number of amides is 2. The molecule has 2 amide bonds. The van der Waals surface area contributed by atoms with Crippen molar-refractivity contribution >= 4 is 39.1 Å². The Hall–Kier alpha value is -3.06. The van der Waals surface area contributed by atoms with Gasteiger partial charge in [0.2, 0.25) is 0 Å². The molecule has 1 N–H and O–H groups in total. The highest BCUT2D eigenvalue weighted by Crippen LogP contribution is 2.21. The maximum absolute atomic E-state index is 12.4. The second-order valence-corrected chi connectivity index (χ2v) is 7.68. The van der Waals surface area contributed by atoms with Crippen molar-refractivity contribution in [2.45, 2.75) is 0 Å². The Morgan fingerprint density at radius 1 is 0.931 bits per heavy atom. The Bertz CT molecular complexity index is 994. The highest BCUT2D eigenvalue weighted by Gasteiger charge is 2.23. The summed E-state index contributed by atoms with van der Waals surface area (Å²) in [5.74, 6) is 0.161. The van der Waals surface area contributed by atoms with Gasteiger partial charge in [0.15, 0.2) is 5.76 Å². The van der Waals surface area contributed by atoms with Gasteiger partial charge in [0.25, 0.3) is 11.8 Å². The fourth-order valence-electron chi connectivity index (χ4n) is 3.31. The number of hydrogen-bond donors (Lipinski definition) is 1. The fourth-order valence-corrected chi connectivity index (χ4v) is 3.71. The summed E-state index contributed by atoms with van der Waals surface area (Å²) in [5.41, 5.74) is 2.40. The number of furan rings is 1. The van der Waals surface area contributed by atoms with E-state index in [2.05, 4.69) is 26.1 Å². The predicted molar refractivity (Wildman–Crippen MR) is 115 cm³/mol. The highest BCUT2D eigenvalue weighted by molar-refractivity contribution is 9.10. The number of hydrogen-bond acceptors (Lipinski definition) is 4. The summed E-state index contributed by atoms with van der Waals surface area (Å²) in [6.07, 6.45) is 1.51. The molecule has 1 aliphatic heterocycles. The number of piperazine rings is 1. The molecule has 2 aromatic carbocycles. The van der Waals surface area contributed by atoms with Gasteiger partial charge in [-0.25, -0.2) is 0 Å². The van der Waals surface area contributed by atoms with Crippen LogP contribution in [0.3, 0.4) is 0 Å². The van der Waals surface area contributed by atoms with Gasteiger partial charge < -0.3 is 19.5 Å². The Morgan fingerprint density at radius 3 is 2.34 bits per heavy atom. The number of carbonyl (C=O) groups excluding carboxylic acids is 2. The van der Waals surface area contributed by atoms with Gasteiger partial charge in [-0.1, -0.05) is 22.0 Å². The van der Waals surface area contributed by atoms with Crippen LogP contribution in [0, 0.1) is 0 Å². The van der Waals surface area contributed by atoms with Crippen molar-refractivity contribution in [3.63, 3.8) is 0 Å². The van der Waals surface area contributed by atoms with Gasteiger partial charge in [-0.2, -0.15) is 0 Å². The third-order valence-electron chi connectivity index (χ3n) is 4.88. The van der Waals surface area contributed by atoms with E-state index in [9.17, 15) is 9.59 Å². The summed E-state index contributed by atoms with van der Waals surface area (Å²) in [7, 11) is 0. The maximum Gasteiger partial charge on any atom is 0.289 e. The number of nitrogens with one attached hydrogen (secondary N) is 1. The zero-order chi connectivity index (χ0) is 20.2. The van der Waals surface area contributed by atoms with Crippen LogP contribution in [0.2, 0.25) is 0 Å². The van der Waals surface area contributed by atoms with Crippen molar-refractivity contribution in [3.8, 4) is 0 Å². The number of benzene rings is 2. The zero-order valence-electron chi connectivity index (χ0n) is 15.7. The van der Waals surface area contributed by atoms with Crippen molar-refractivity contribution in [3.05, 3.63) is 82.7 Å². The van der Waals surface area contributed by atoms with Crippen LogP contribution in [-0.2, 0) is 0 Å². The van der Waals surface area contributed by atoms with E-state index in [4.69, 9.17) is 4.42 Å². The van der Waals surface area contributed by atoms with Crippen molar-refractivity contribution < 1.29 is 14.0 Å². The molecule has 0 saturated carbocycles. The van der Waals surface area contributed by atoms with E-state index in [0.717, 1.165) is 28.9 Å². The zero-order valence-corrected chi connectivity index (χ0v) is 17.3. The number of nitrogens with zero attached hydrogens (tertiary/aromatic N) is 2. The summed E-state index contributed by atoms with van der Waals surface area (Å²) < 4.78 is 6.07. The van der Waals surface area contributed by atoms with Crippen molar-refractivity contribution in [1.29, 1.82) is 0 Å². The van der Waals surface area contributed by atoms with Gasteiger partial charge in [-0.15, -0.1) is 0 Å². The van der Waals surface area contributed by atoms with E-state index in [1.54, 1.807) is 24.3 Å². The Labute approximate surface area is 177 Å². The third kappa shape index (κ3) is 4.51. The van der Waals surface area contributed by atoms with E-state index in [1.165, 1.54) is 6.26 Å². The number of carbonyl (C=O) groups is 2. The van der Waals surface area contributed by atoms with Gasteiger partial charge in [0, 0.05) is 47.6 Å². The highest BCUT2D eigenvalue weighted by atomic mass is 79.9. The second-order valence-electron chi connectivity index (χ2n) is 6.77. The van der Waals surface area contributed by atoms with Crippen LogP contribution in [0.15, 0.2) is 75.8 Å². The summed E-state index contributed by atoms with van der Waals surface area (Å²) in [5, 5.41) is 2.91. The lowest BCUT2D eigenvalue weighted by atomic mass is 10.2. The van der Waals surface area contributed by atoms with Gasteiger partial charge >= 0.3 is 0 Å². The molecule has 3 aromatic rings. The van der Waals surface area contributed by atoms with Gasteiger partial charge in [0.1, 0.15) is 0 Å². The SMILES string of the molecule is O=C(Nc1ccc(N2CCN(C(=O)c3ccco3)CC2)cc1)c1cccc(Br)c1. The molecule has 4 rings (SSSR count). The molecule has 1 saturated heterocycles. The first kappa shape index (κ1) is 19.3. The lowest BCUT2D eigenvalue weighted by Gasteiger charge is -2.35. The van der Waals surface area contributed by atoms with Crippen LogP contribution in [0.25, 0.3) is 0 Å². The largest absolute Gasteiger partial charge is 0.459 e. The van der Waals surface area contributed by atoms with Gasteiger partial charge in [0.05, 0.1) is 6.26 Å². The second kappa shape index (κ2) is 8.53. The number of rotatable bonds is 4. The Kier molecular flexibility index (Phi) is 5.67. The molecule has 6 nitrogen and oxygen atoms in total. The maximum atomic E-state index is 12.4. The molecule has 0 radical (unpaired) electrons. The van der Waals surface area contributed by atoms with Crippen LogP contribution < -0.4 is 10.2 Å².